The van der Waals surface area contributed by atoms with Crippen molar-refractivity contribution in [3.8, 4) is 0 Å². The van der Waals surface area contributed by atoms with Gasteiger partial charge in [0.15, 0.2) is 4.77 Å². The first-order valence-electron chi connectivity index (χ1n) is 5.02. The monoisotopic (exact) mass is 288 g/mol. The van der Waals surface area contributed by atoms with Crippen LogP contribution in [0.15, 0.2) is 16.2 Å². The Morgan fingerprint density at radius 3 is 3.00 bits per heavy atom. The van der Waals surface area contributed by atoms with Gasteiger partial charge in [0, 0.05) is 28.9 Å². The number of rotatable bonds is 3. The van der Waals surface area contributed by atoms with Gasteiger partial charge in [-0.1, -0.05) is 0 Å². The maximum atomic E-state index is 12.2. The number of hydrogen-bond donors (Lipinski definition) is 1. The predicted octanol–water partition coefficient (Wildman–Crippen LogP) is 2.06. The smallest absolute Gasteiger partial charge is 0.263 e. The summed E-state index contributed by atoms with van der Waals surface area (Å²) in [6.07, 6.45) is 1.62. The molecule has 2 aromatic rings. The van der Waals surface area contributed by atoms with Gasteiger partial charge in [-0.2, -0.15) is 0 Å². The van der Waals surface area contributed by atoms with E-state index in [1.165, 1.54) is 15.9 Å². The van der Waals surface area contributed by atoms with Crippen molar-refractivity contribution in [1.29, 1.82) is 0 Å². The number of fused-ring (bicyclic) bond motifs is 1. The Balaban J connectivity index is 2.64. The molecule has 0 amide bonds. The van der Waals surface area contributed by atoms with Crippen molar-refractivity contribution in [2.45, 2.75) is 13.0 Å². The lowest BCUT2D eigenvalue weighted by molar-refractivity contribution is 0.565. The molecule has 92 valence electrons. The van der Waals surface area contributed by atoms with Crippen LogP contribution in [0.3, 0.4) is 0 Å². The van der Waals surface area contributed by atoms with Crippen molar-refractivity contribution in [3.63, 3.8) is 0 Å². The van der Waals surface area contributed by atoms with E-state index >= 15 is 0 Å². The zero-order valence-electron chi connectivity index (χ0n) is 9.43. The Labute approximate surface area is 110 Å². The Bertz CT molecular complexity index is 683. The number of hydrogen-bond acceptors (Lipinski definition) is 4. The molecule has 17 heavy (non-hydrogen) atoms. The highest BCUT2D eigenvalue weighted by Crippen LogP contribution is 2.15. The summed E-state index contributed by atoms with van der Waals surface area (Å²) in [4.78, 5) is 16.0. The van der Waals surface area contributed by atoms with Crippen LogP contribution in [-0.4, -0.2) is 25.8 Å². The number of thiophene rings is 1. The highest BCUT2D eigenvalue weighted by atomic mass is 32.2. The fourth-order valence-corrected chi connectivity index (χ4v) is 3.80. The number of aromatic amines is 1. The van der Waals surface area contributed by atoms with E-state index in [-0.39, 0.29) is 11.6 Å². The molecule has 0 aromatic carbocycles. The molecule has 0 spiro atoms. The molecular formula is C10H12N2O2S3. The first-order valence-corrected chi connectivity index (χ1v) is 8.04. The van der Waals surface area contributed by atoms with Crippen LogP contribution in [0.2, 0.25) is 0 Å². The molecule has 1 N–H and O–H groups in total. The Morgan fingerprint density at radius 2 is 2.35 bits per heavy atom. The summed E-state index contributed by atoms with van der Waals surface area (Å²) >= 11 is 6.63. The van der Waals surface area contributed by atoms with E-state index in [0.29, 0.717) is 15.9 Å². The number of aromatic nitrogens is 2. The van der Waals surface area contributed by atoms with E-state index in [0.717, 1.165) is 4.83 Å². The molecule has 2 rings (SSSR count). The summed E-state index contributed by atoms with van der Waals surface area (Å²) in [6.45, 7) is 1.85. The SMILES string of the molecule is CC(CS(C)=O)n1c(=S)[nH]c2sccc2c1=O. The fraction of sp³-hybridized carbons (Fsp3) is 0.400. The zero-order chi connectivity index (χ0) is 12.6. The first kappa shape index (κ1) is 12.7. The second-order valence-corrected chi connectivity index (χ2v) is 6.64. The molecule has 0 aliphatic heterocycles. The molecule has 2 heterocycles. The summed E-state index contributed by atoms with van der Waals surface area (Å²) in [5.41, 5.74) is -0.108. The molecule has 0 bridgehead atoms. The molecule has 2 aromatic heterocycles. The maximum Gasteiger partial charge on any atom is 0.263 e. The van der Waals surface area contributed by atoms with Crippen LogP contribution < -0.4 is 5.56 Å². The number of nitrogens with one attached hydrogen (secondary N) is 1. The van der Waals surface area contributed by atoms with E-state index in [4.69, 9.17) is 12.2 Å². The van der Waals surface area contributed by atoms with Gasteiger partial charge in [-0.05, 0) is 30.6 Å². The van der Waals surface area contributed by atoms with Gasteiger partial charge in [0.25, 0.3) is 5.56 Å². The lowest BCUT2D eigenvalue weighted by Crippen LogP contribution is -2.27. The highest BCUT2D eigenvalue weighted by Gasteiger charge is 2.13. The van der Waals surface area contributed by atoms with Crippen molar-refractivity contribution < 1.29 is 4.21 Å². The lowest BCUT2D eigenvalue weighted by atomic mass is 10.3. The van der Waals surface area contributed by atoms with Gasteiger partial charge < -0.3 is 4.98 Å². The Hall–Kier alpha value is -0.790. The third-order valence-corrected chi connectivity index (χ3v) is 4.55. The van der Waals surface area contributed by atoms with Crippen molar-refractivity contribution in [3.05, 3.63) is 26.6 Å². The Kier molecular flexibility index (Phi) is 3.60. The van der Waals surface area contributed by atoms with E-state index in [9.17, 15) is 9.00 Å². The molecule has 0 fully saturated rings. The highest BCUT2D eigenvalue weighted by molar-refractivity contribution is 7.84. The van der Waals surface area contributed by atoms with Crippen LogP contribution >= 0.6 is 23.6 Å². The quantitative estimate of drug-likeness (QED) is 0.880. The summed E-state index contributed by atoms with van der Waals surface area (Å²) < 4.78 is 13.1. The molecule has 0 aliphatic carbocycles. The van der Waals surface area contributed by atoms with Crippen molar-refractivity contribution in [2.75, 3.05) is 12.0 Å². The second-order valence-electron chi connectivity index (χ2n) is 3.86. The average Bonchev–Trinajstić information content (AvgIpc) is 2.64. The van der Waals surface area contributed by atoms with Crippen LogP contribution in [0.4, 0.5) is 0 Å². The third-order valence-electron chi connectivity index (χ3n) is 2.47. The van der Waals surface area contributed by atoms with Gasteiger partial charge >= 0.3 is 0 Å². The van der Waals surface area contributed by atoms with Crippen LogP contribution in [0.5, 0.6) is 0 Å². The van der Waals surface area contributed by atoms with Gasteiger partial charge in [0.2, 0.25) is 0 Å². The standard InChI is InChI=1S/C10H12N2O2S3/c1-6(5-17(2)14)12-9(13)7-3-4-16-8(7)11-10(12)15/h3-4,6H,5H2,1-2H3,(H,11,15). The lowest BCUT2D eigenvalue weighted by Gasteiger charge is -2.13. The topological polar surface area (TPSA) is 54.9 Å². The molecular weight excluding hydrogens is 276 g/mol. The van der Waals surface area contributed by atoms with Gasteiger partial charge in [0.05, 0.1) is 5.39 Å². The Morgan fingerprint density at radius 1 is 1.65 bits per heavy atom. The van der Waals surface area contributed by atoms with E-state index < -0.39 is 10.8 Å². The average molecular weight is 288 g/mol. The largest absolute Gasteiger partial charge is 0.323 e. The normalized spacial score (nSPS) is 14.9. The van der Waals surface area contributed by atoms with Crippen molar-refractivity contribution in [1.82, 2.24) is 9.55 Å². The van der Waals surface area contributed by atoms with Crippen LogP contribution in [0.1, 0.15) is 13.0 Å². The zero-order valence-corrected chi connectivity index (χ0v) is 11.9. The number of H-pyrrole nitrogens is 1. The molecule has 4 nitrogen and oxygen atoms in total. The molecule has 0 saturated heterocycles. The summed E-state index contributed by atoms with van der Waals surface area (Å²) in [6, 6.07) is 1.61. The molecule has 2 atom stereocenters. The van der Waals surface area contributed by atoms with Gasteiger partial charge in [-0.3, -0.25) is 13.6 Å². The van der Waals surface area contributed by atoms with E-state index in [1.54, 1.807) is 12.3 Å². The van der Waals surface area contributed by atoms with Crippen molar-refractivity contribution in [2.24, 2.45) is 0 Å². The molecule has 7 heteroatoms. The molecule has 0 radical (unpaired) electrons. The van der Waals surface area contributed by atoms with Crippen LogP contribution in [0, 0.1) is 4.77 Å². The maximum absolute atomic E-state index is 12.2. The van der Waals surface area contributed by atoms with E-state index in [1.807, 2.05) is 12.3 Å². The van der Waals surface area contributed by atoms with Gasteiger partial charge in [-0.25, -0.2) is 0 Å². The minimum Gasteiger partial charge on any atom is -0.323 e. The van der Waals surface area contributed by atoms with Crippen LogP contribution in [-0.2, 0) is 10.8 Å². The van der Waals surface area contributed by atoms with Gasteiger partial charge in [0.1, 0.15) is 4.83 Å². The number of nitrogens with zero attached hydrogens (tertiary/aromatic N) is 1. The summed E-state index contributed by atoms with van der Waals surface area (Å²) in [5, 5.41) is 2.49. The molecule has 0 saturated carbocycles. The summed E-state index contributed by atoms with van der Waals surface area (Å²) in [5.74, 6) is 0.424. The van der Waals surface area contributed by atoms with Crippen LogP contribution in [0.25, 0.3) is 10.2 Å². The summed E-state index contributed by atoms with van der Waals surface area (Å²) in [7, 11) is -0.954. The third kappa shape index (κ3) is 2.41. The van der Waals surface area contributed by atoms with Crippen molar-refractivity contribution >= 4 is 44.6 Å². The minimum atomic E-state index is -0.954. The molecule has 0 aliphatic rings. The minimum absolute atomic E-state index is 0.108. The molecule has 2 unspecified atom stereocenters. The predicted molar refractivity (Wildman–Crippen MR) is 74.9 cm³/mol. The fourth-order valence-electron chi connectivity index (χ4n) is 1.77. The van der Waals surface area contributed by atoms with Gasteiger partial charge in [-0.15, -0.1) is 11.3 Å². The van der Waals surface area contributed by atoms with E-state index in [2.05, 4.69) is 4.98 Å². The first-order chi connectivity index (χ1) is 8.00. The second kappa shape index (κ2) is 4.83.